The highest BCUT2D eigenvalue weighted by Gasteiger charge is 2.19. The molecule has 0 aromatic carbocycles. The molecule has 1 atom stereocenters. The van der Waals surface area contributed by atoms with E-state index in [-0.39, 0.29) is 31.1 Å². The fourth-order valence-electron chi connectivity index (χ4n) is 7.33. The maximum absolute atomic E-state index is 12.8. The first-order valence-corrected chi connectivity index (χ1v) is 27.1. The van der Waals surface area contributed by atoms with E-state index in [9.17, 15) is 14.4 Å². The molecule has 0 aromatic rings. The Labute approximate surface area is 401 Å². The second-order valence-electron chi connectivity index (χ2n) is 17.8. The molecular formula is C59H100O6. The van der Waals surface area contributed by atoms with Crippen molar-refractivity contribution in [1.29, 1.82) is 0 Å². The quantitative estimate of drug-likeness (QED) is 0.0199. The molecule has 0 bridgehead atoms. The number of carbonyl (C=O) groups excluding carboxylic acids is 3. The maximum atomic E-state index is 12.8. The Morgan fingerprint density at radius 1 is 0.338 bits per heavy atom. The van der Waals surface area contributed by atoms with Gasteiger partial charge in [-0.1, -0.05) is 215 Å². The zero-order chi connectivity index (χ0) is 47.2. The van der Waals surface area contributed by atoms with Gasteiger partial charge in [0.05, 0.1) is 0 Å². The molecule has 0 N–H and O–H groups in total. The third kappa shape index (κ3) is 51.4. The number of esters is 3. The fourth-order valence-corrected chi connectivity index (χ4v) is 7.33. The molecule has 0 saturated carbocycles. The molecule has 0 amide bonds. The molecule has 372 valence electrons. The molecule has 0 aliphatic heterocycles. The van der Waals surface area contributed by atoms with Crippen LogP contribution in [-0.2, 0) is 28.6 Å². The Morgan fingerprint density at radius 2 is 0.662 bits per heavy atom. The molecule has 0 aliphatic carbocycles. The topological polar surface area (TPSA) is 78.9 Å². The highest BCUT2D eigenvalue weighted by Crippen LogP contribution is 2.14. The van der Waals surface area contributed by atoms with Crippen molar-refractivity contribution in [1.82, 2.24) is 0 Å². The van der Waals surface area contributed by atoms with E-state index in [0.29, 0.717) is 19.3 Å². The van der Waals surface area contributed by atoms with Crippen LogP contribution in [0.1, 0.15) is 252 Å². The van der Waals surface area contributed by atoms with Gasteiger partial charge in [0.1, 0.15) is 13.2 Å². The molecule has 0 spiro atoms. The largest absolute Gasteiger partial charge is 0.462 e. The third-order valence-electron chi connectivity index (χ3n) is 11.4. The van der Waals surface area contributed by atoms with Crippen molar-refractivity contribution in [2.45, 2.75) is 258 Å². The molecule has 0 saturated heterocycles. The van der Waals surface area contributed by atoms with Crippen LogP contribution < -0.4 is 0 Å². The fraction of sp³-hybridized carbons (Fsp3) is 0.712. The summed E-state index contributed by atoms with van der Waals surface area (Å²) in [5, 5.41) is 0. The van der Waals surface area contributed by atoms with E-state index < -0.39 is 6.10 Å². The van der Waals surface area contributed by atoms with Crippen LogP contribution in [0.4, 0.5) is 0 Å². The average Bonchev–Trinajstić information content (AvgIpc) is 3.30. The lowest BCUT2D eigenvalue weighted by molar-refractivity contribution is -0.167. The van der Waals surface area contributed by atoms with E-state index in [1.165, 1.54) is 103 Å². The number of carbonyl (C=O) groups is 3. The van der Waals surface area contributed by atoms with Crippen LogP contribution >= 0.6 is 0 Å². The van der Waals surface area contributed by atoms with Crippen molar-refractivity contribution in [2.24, 2.45) is 0 Å². The van der Waals surface area contributed by atoms with Gasteiger partial charge in [-0.25, -0.2) is 0 Å². The third-order valence-corrected chi connectivity index (χ3v) is 11.4. The minimum atomic E-state index is -0.793. The highest BCUT2D eigenvalue weighted by atomic mass is 16.6. The molecule has 0 fully saturated rings. The lowest BCUT2D eigenvalue weighted by Gasteiger charge is -2.18. The summed E-state index contributed by atoms with van der Waals surface area (Å²) in [7, 11) is 0. The summed E-state index contributed by atoms with van der Waals surface area (Å²) in [5.74, 6) is -0.925. The lowest BCUT2D eigenvalue weighted by Crippen LogP contribution is -2.30. The maximum Gasteiger partial charge on any atom is 0.306 e. The molecular weight excluding hydrogens is 805 g/mol. The SMILES string of the molecule is CC/C=C/C=C/C=C/CCCCCCCC(=O)OCC(COC(=O)CCCCCCCCC/C=C/C/C=C/CCCCC)OC(=O)CCCCCCCCC/C=C/C/C=C/CCCCC. The lowest BCUT2D eigenvalue weighted by atomic mass is 10.1. The number of hydrogen-bond acceptors (Lipinski definition) is 6. The number of ether oxygens (including phenoxy) is 3. The van der Waals surface area contributed by atoms with Gasteiger partial charge in [-0.15, -0.1) is 0 Å². The summed E-state index contributed by atoms with van der Waals surface area (Å²) in [6, 6.07) is 0. The van der Waals surface area contributed by atoms with E-state index in [2.05, 4.69) is 106 Å². The van der Waals surface area contributed by atoms with Crippen LogP contribution in [0.5, 0.6) is 0 Å². The monoisotopic (exact) mass is 905 g/mol. The Bertz CT molecular complexity index is 1270. The summed E-state index contributed by atoms with van der Waals surface area (Å²) in [6.07, 6.45) is 68.5. The molecule has 65 heavy (non-hydrogen) atoms. The van der Waals surface area contributed by atoms with Crippen LogP contribution in [0.25, 0.3) is 0 Å². The number of allylic oxidation sites excluding steroid dienone is 14. The normalized spacial score (nSPS) is 12.7. The minimum absolute atomic E-state index is 0.0911. The summed E-state index contributed by atoms with van der Waals surface area (Å²) >= 11 is 0. The van der Waals surface area contributed by atoms with Crippen LogP contribution in [-0.4, -0.2) is 37.2 Å². The highest BCUT2D eigenvalue weighted by molar-refractivity contribution is 5.71. The number of hydrogen-bond donors (Lipinski definition) is 0. The summed E-state index contributed by atoms with van der Waals surface area (Å²) in [5.41, 5.74) is 0. The van der Waals surface area contributed by atoms with E-state index in [1.807, 2.05) is 0 Å². The number of unbranched alkanes of at least 4 members (excludes halogenated alkanes) is 25. The van der Waals surface area contributed by atoms with Crippen molar-refractivity contribution < 1.29 is 28.6 Å². The average molecular weight is 905 g/mol. The molecule has 0 rings (SSSR count). The van der Waals surface area contributed by atoms with Gasteiger partial charge in [-0.2, -0.15) is 0 Å². The zero-order valence-corrected chi connectivity index (χ0v) is 42.5. The number of rotatable bonds is 48. The van der Waals surface area contributed by atoms with Crippen molar-refractivity contribution in [3.63, 3.8) is 0 Å². The van der Waals surface area contributed by atoms with Crippen molar-refractivity contribution in [3.05, 3.63) is 85.1 Å². The minimum Gasteiger partial charge on any atom is -0.462 e. The van der Waals surface area contributed by atoms with E-state index >= 15 is 0 Å². The second kappa shape index (κ2) is 53.2. The molecule has 6 heteroatoms. The Morgan fingerprint density at radius 3 is 1.05 bits per heavy atom. The van der Waals surface area contributed by atoms with Gasteiger partial charge in [0.25, 0.3) is 0 Å². The smallest absolute Gasteiger partial charge is 0.306 e. The van der Waals surface area contributed by atoms with Crippen molar-refractivity contribution in [3.8, 4) is 0 Å². The summed E-state index contributed by atoms with van der Waals surface area (Å²) in [6.45, 7) is 6.43. The van der Waals surface area contributed by atoms with Gasteiger partial charge in [-0.3, -0.25) is 14.4 Å². The predicted molar refractivity (Wildman–Crippen MR) is 279 cm³/mol. The predicted octanol–water partition coefficient (Wildman–Crippen LogP) is 18.0. The van der Waals surface area contributed by atoms with Crippen LogP contribution in [0, 0.1) is 0 Å². The summed E-state index contributed by atoms with van der Waals surface area (Å²) in [4.78, 5) is 38.1. The Balaban J connectivity index is 4.43. The molecule has 0 heterocycles. The van der Waals surface area contributed by atoms with E-state index in [4.69, 9.17) is 14.2 Å². The van der Waals surface area contributed by atoms with Crippen molar-refractivity contribution >= 4 is 17.9 Å². The zero-order valence-electron chi connectivity index (χ0n) is 42.5. The van der Waals surface area contributed by atoms with Gasteiger partial charge < -0.3 is 14.2 Å². The molecule has 0 radical (unpaired) electrons. The Kier molecular flexibility index (Phi) is 50.4. The molecule has 0 aromatic heterocycles. The Hall–Kier alpha value is -3.41. The van der Waals surface area contributed by atoms with Crippen LogP contribution in [0.3, 0.4) is 0 Å². The van der Waals surface area contributed by atoms with Crippen LogP contribution in [0.15, 0.2) is 85.1 Å². The first-order valence-electron chi connectivity index (χ1n) is 27.1. The van der Waals surface area contributed by atoms with Gasteiger partial charge in [0.2, 0.25) is 0 Å². The summed E-state index contributed by atoms with van der Waals surface area (Å²) < 4.78 is 16.8. The first kappa shape index (κ1) is 61.6. The first-order chi connectivity index (χ1) is 32.0. The van der Waals surface area contributed by atoms with Gasteiger partial charge in [0.15, 0.2) is 6.10 Å². The molecule has 0 aliphatic rings. The van der Waals surface area contributed by atoms with Crippen molar-refractivity contribution in [2.75, 3.05) is 13.2 Å². The van der Waals surface area contributed by atoms with E-state index in [0.717, 1.165) is 109 Å². The van der Waals surface area contributed by atoms with Gasteiger partial charge >= 0.3 is 17.9 Å². The van der Waals surface area contributed by atoms with E-state index in [1.54, 1.807) is 0 Å². The van der Waals surface area contributed by atoms with Gasteiger partial charge in [-0.05, 0) is 103 Å². The standard InChI is InChI=1S/C59H100O6/c1-4-7-10-13-16-19-22-25-27-29-31-34-37-40-43-46-49-52-58(61)64-55-56(54-63-57(60)51-48-45-42-39-36-33-24-21-18-15-12-9-6-3)65-59(62)53-50-47-44-41-38-35-32-30-28-26-23-20-17-14-11-8-5-2/h9,12,15-21,24-28,56H,4-8,10-11,13-14,22-23,29-55H2,1-3H3/b12-9+,18-15+,19-16+,20-17+,24-21+,27-25+,28-26+. The molecule has 6 nitrogen and oxygen atoms in total. The van der Waals surface area contributed by atoms with Crippen LogP contribution in [0.2, 0.25) is 0 Å². The molecule has 1 unspecified atom stereocenters. The second-order valence-corrected chi connectivity index (χ2v) is 17.8. The van der Waals surface area contributed by atoms with Gasteiger partial charge in [0, 0.05) is 19.3 Å².